The van der Waals surface area contributed by atoms with Crippen molar-refractivity contribution in [3.63, 3.8) is 0 Å². The van der Waals surface area contributed by atoms with E-state index in [1.165, 1.54) is 0 Å². The zero-order chi connectivity index (χ0) is 55.6. The van der Waals surface area contributed by atoms with Gasteiger partial charge in [-0.25, -0.2) is 0 Å². The average Bonchev–Trinajstić information content (AvgIpc) is 3.39. The Bertz CT molecular complexity index is 1320. The van der Waals surface area contributed by atoms with Crippen LogP contribution < -0.4 is 0 Å². The van der Waals surface area contributed by atoms with E-state index in [0.29, 0.717) is 91.0 Å². The summed E-state index contributed by atoms with van der Waals surface area (Å²) in [5, 5.41) is 11.1. The van der Waals surface area contributed by atoms with Crippen molar-refractivity contribution < 1.29 is 62.1 Å². The van der Waals surface area contributed by atoms with E-state index in [2.05, 4.69) is 55.4 Å². The molecule has 2 aliphatic rings. The molecular weight excluding hydrogens is 965 g/mol. The molecule has 13 heteroatoms. The number of carbonyl (C=O) groups is 3. The number of hydrogen-bond acceptors (Lipinski definition) is 13. The van der Waals surface area contributed by atoms with Crippen molar-refractivity contribution in [3.8, 4) is 0 Å². The molecule has 1 N–H and O–H groups in total. The van der Waals surface area contributed by atoms with Gasteiger partial charge in [-0.2, -0.15) is 0 Å². The van der Waals surface area contributed by atoms with Crippen LogP contribution >= 0.6 is 0 Å². The van der Waals surface area contributed by atoms with Crippen LogP contribution in [0.2, 0.25) is 0 Å². The Morgan fingerprint density at radius 2 is 0.605 bits per heavy atom. The van der Waals surface area contributed by atoms with E-state index < -0.39 is 40.5 Å². The third kappa shape index (κ3) is 32.4. The van der Waals surface area contributed by atoms with E-state index in [4.69, 9.17) is 42.6 Å². The maximum Gasteiger partial charge on any atom is 0.305 e. The summed E-state index contributed by atoms with van der Waals surface area (Å²) in [4.78, 5) is 41.3. The largest absolute Gasteiger partial charge is 0.465 e. The molecule has 0 aliphatic heterocycles. The topological polar surface area (TPSA) is 155 Å². The molecule has 2 rings (SSSR count). The normalized spacial score (nSPS) is 21.5. The molecule has 2 atom stereocenters. The van der Waals surface area contributed by atoms with E-state index in [-0.39, 0.29) is 63.6 Å². The van der Waals surface area contributed by atoms with Crippen molar-refractivity contribution in [3.05, 3.63) is 0 Å². The van der Waals surface area contributed by atoms with E-state index in [9.17, 15) is 19.5 Å². The highest BCUT2D eigenvalue weighted by Gasteiger charge is 2.61. The molecule has 0 saturated heterocycles. The number of aliphatic hydroxyl groups excluding tert-OH is 1. The lowest BCUT2D eigenvalue weighted by molar-refractivity contribution is -0.195. The molecule has 0 aromatic carbocycles. The molecule has 2 fully saturated rings. The fraction of sp³-hybridized carbons (Fsp3) is 0.952. The van der Waals surface area contributed by atoms with Crippen LogP contribution in [0.3, 0.4) is 0 Å². The maximum absolute atomic E-state index is 13.8. The number of esters is 3. The summed E-state index contributed by atoms with van der Waals surface area (Å²) in [6.07, 6.45) is 29.5. The zero-order valence-electron chi connectivity index (χ0n) is 50.4. The van der Waals surface area contributed by atoms with E-state index in [0.717, 1.165) is 154 Å². The van der Waals surface area contributed by atoms with Gasteiger partial charge in [0.1, 0.15) is 0 Å². The summed E-state index contributed by atoms with van der Waals surface area (Å²) < 4.78 is 55.9. The van der Waals surface area contributed by atoms with E-state index >= 15 is 0 Å². The Morgan fingerprint density at radius 1 is 0.355 bits per heavy atom. The Labute approximate surface area is 465 Å². The van der Waals surface area contributed by atoms with E-state index in [1.54, 1.807) is 0 Å². The summed E-state index contributed by atoms with van der Waals surface area (Å²) in [6, 6.07) is 0. The molecular formula is C63H118O13. The molecule has 0 radical (unpaired) electrons. The lowest BCUT2D eigenvalue weighted by Crippen LogP contribution is -2.58. The molecule has 0 aromatic heterocycles. The van der Waals surface area contributed by atoms with Gasteiger partial charge < -0.3 is 47.7 Å². The van der Waals surface area contributed by atoms with Gasteiger partial charge in [-0.05, 0) is 76.0 Å². The molecule has 0 heterocycles. The van der Waals surface area contributed by atoms with E-state index in [1.807, 2.05) is 0 Å². The fourth-order valence-corrected chi connectivity index (χ4v) is 12.2. The van der Waals surface area contributed by atoms with Gasteiger partial charge in [0.05, 0.1) is 39.1 Å². The molecule has 0 aromatic rings. The van der Waals surface area contributed by atoms with Gasteiger partial charge in [-0.3, -0.25) is 14.4 Å². The maximum atomic E-state index is 13.8. The van der Waals surface area contributed by atoms with Gasteiger partial charge in [0.2, 0.25) is 0 Å². The molecule has 448 valence electrons. The summed E-state index contributed by atoms with van der Waals surface area (Å²) in [6.45, 7) is 21.3. The standard InChI is InChI=1S/C63H118O13/c1-9-15-21-27-39-68-57(69-40-28-22-16-10-2)36-33-54(65)74-51-61(8)47-62(52-75-55(66)34-37-58(70-41-29-23-17-11-3)71-42-30-24-18-12-4)45-60(7,50-64)46-63(48-61,49-62)53-76-56(67)35-38-59(72-43-31-25-19-13-5)73-44-32-26-20-14-6/h57-59,64H,9-53H2,1-8H3. The third-order valence-corrected chi connectivity index (χ3v) is 15.6. The molecule has 76 heavy (non-hydrogen) atoms. The molecule has 2 saturated carbocycles. The van der Waals surface area contributed by atoms with Crippen LogP contribution in [0.15, 0.2) is 0 Å². The Morgan fingerprint density at radius 3 is 0.855 bits per heavy atom. The lowest BCUT2D eigenvalue weighted by Gasteiger charge is -2.62. The van der Waals surface area contributed by atoms with Gasteiger partial charge in [-0.1, -0.05) is 171 Å². The smallest absolute Gasteiger partial charge is 0.305 e. The van der Waals surface area contributed by atoms with Crippen molar-refractivity contribution in [2.24, 2.45) is 21.7 Å². The number of aliphatic hydroxyl groups is 1. The minimum atomic E-state index is -0.577. The highest BCUT2D eigenvalue weighted by molar-refractivity contribution is 5.70. The highest BCUT2D eigenvalue weighted by Crippen LogP contribution is 2.65. The van der Waals surface area contributed by atoms with Gasteiger partial charge in [0, 0.05) is 81.8 Å². The van der Waals surface area contributed by atoms with Crippen molar-refractivity contribution >= 4 is 17.9 Å². The van der Waals surface area contributed by atoms with Crippen LogP contribution in [0.4, 0.5) is 0 Å². The van der Waals surface area contributed by atoms with Gasteiger partial charge in [0.15, 0.2) is 18.9 Å². The predicted molar refractivity (Wildman–Crippen MR) is 304 cm³/mol. The van der Waals surface area contributed by atoms with Gasteiger partial charge in [0.25, 0.3) is 0 Å². The molecule has 2 aliphatic carbocycles. The summed E-state index contributed by atoms with van der Waals surface area (Å²) >= 11 is 0. The first-order valence-electron chi connectivity index (χ1n) is 31.5. The quantitative estimate of drug-likeness (QED) is 0.0266. The predicted octanol–water partition coefficient (Wildman–Crippen LogP) is 15.5. The van der Waals surface area contributed by atoms with Crippen LogP contribution in [0, 0.1) is 21.7 Å². The van der Waals surface area contributed by atoms with Crippen LogP contribution in [0.5, 0.6) is 0 Å². The van der Waals surface area contributed by atoms with Crippen molar-refractivity contribution in [2.45, 2.75) is 299 Å². The third-order valence-electron chi connectivity index (χ3n) is 15.6. The number of unbranched alkanes of at least 4 members (excludes halogenated alkanes) is 18. The van der Waals surface area contributed by atoms with Crippen LogP contribution in [-0.2, 0) is 57.0 Å². The van der Waals surface area contributed by atoms with Crippen molar-refractivity contribution in [2.75, 3.05) is 66.1 Å². The zero-order valence-corrected chi connectivity index (χ0v) is 50.4. The Hall–Kier alpha value is -1.87. The number of ether oxygens (including phenoxy) is 9. The average molecular weight is 1080 g/mol. The summed E-state index contributed by atoms with van der Waals surface area (Å²) in [5.41, 5.74) is -2.22. The van der Waals surface area contributed by atoms with Gasteiger partial charge >= 0.3 is 17.9 Å². The second-order valence-electron chi connectivity index (χ2n) is 24.1. The second kappa shape index (κ2) is 42.9. The lowest BCUT2D eigenvalue weighted by atomic mass is 9.44. The highest BCUT2D eigenvalue weighted by atomic mass is 16.7. The number of carbonyl (C=O) groups excluding carboxylic acids is 3. The molecule has 0 spiro atoms. The number of rotatable bonds is 52. The minimum Gasteiger partial charge on any atom is -0.465 e. The Balaban J connectivity index is 2.32. The first-order valence-corrected chi connectivity index (χ1v) is 31.5. The number of fused-ring (bicyclic) bond motifs is 2. The summed E-state index contributed by atoms with van der Waals surface area (Å²) in [7, 11) is 0. The monoisotopic (exact) mass is 1080 g/mol. The summed E-state index contributed by atoms with van der Waals surface area (Å²) in [5.74, 6) is -0.948. The van der Waals surface area contributed by atoms with Gasteiger partial charge in [-0.15, -0.1) is 0 Å². The van der Waals surface area contributed by atoms with Crippen LogP contribution in [0.1, 0.15) is 280 Å². The first-order chi connectivity index (χ1) is 36.8. The van der Waals surface area contributed by atoms with Crippen molar-refractivity contribution in [1.82, 2.24) is 0 Å². The Kier molecular flexibility index (Phi) is 39.7. The molecule has 13 nitrogen and oxygen atoms in total. The molecule has 0 amide bonds. The SMILES string of the molecule is CCCCCCOC(CCC(=O)OCC1(C)CC2(COC(=O)CCC(OCCCCCC)OCCCCCC)CC(C)(CO)CC(COC(=O)CCC(OCCCCCC)OCCCCCC)(C1)C2)OCCCCCC. The van der Waals surface area contributed by atoms with Crippen LogP contribution in [-0.4, -0.2) is 108 Å². The second-order valence-corrected chi connectivity index (χ2v) is 24.1. The number of hydrogen-bond donors (Lipinski definition) is 1. The molecule has 2 unspecified atom stereocenters. The minimum absolute atomic E-state index is 0.0631. The first kappa shape index (κ1) is 70.2. The van der Waals surface area contributed by atoms with Crippen LogP contribution in [0.25, 0.3) is 0 Å². The fourth-order valence-electron chi connectivity index (χ4n) is 12.2. The molecule has 2 bridgehead atoms. The van der Waals surface area contributed by atoms with Crippen molar-refractivity contribution in [1.29, 1.82) is 0 Å².